The van der Waals surface area contributed by atoms with Crippen molar-refractivity contribution >= 4 is 27.5 Å². The third-order valence-electron chi connectivity index (χ3n) is 6.75. The fraction of sp³-hybridized carbons (Fsp3) is 0.481. The highest BCUT2D eigenvalue weighted by molar-refractivity contribution is 7.92. The molecule has 2 aromatic carbocycles. The summed E-state index contributed by atoms with van der Waals surface area (Å²) in [4.78, 5) is 28.6. The van der Waals surface area contributed by atoms with E-state index in [1.54, 1.807) is 17.0 Å². The van der Waals surface area contributed by atoms with Crippen molar-refractivity contribution in [1.29, 1.82) is 0 Å². The Balaban J connectivity index is 1.94. The molecule has 2 aromatic rings. The molecule has 0 bridgehead atoms. The third kappa shape index (κ3) is 6.84. The zero-order chi connectivity index (χ0) is 25.6. The van der Waals surface area contributed by atoms with Crippen LogP contribution in [0.2, 0.25) is 0 Å². The van der Waals surface area contributed by atoms with E-state index in [1.807, 2.05) is 57.2 Å². The number of sulfonamides is 1. The van der Waals surface area contributed by atoms with Crippen molar-refractivity contribution < 1.29 is 18.0 Å². The first-order valence-electron chi connectivity index (χ1n) is 12.3. The molecule has 1 aliphatic carbocycles. The van der Waals surface area contributed by atoms with Gasteiger partial charge in [0.2, 0.25) is 21.8 Å². The van der Waals surface area contributed by atoms with Crippen LogP contribution >= 0.6 is 0 Å². The molecule has 0 heterocycles. The maximum absolute atomic E-state index is 13.8. The highest BCUT2D eigenvalue weighted by atomic mass is 32.2. The smallest absolute Gasteiger partial charge is 0.244 e. The topological polar surface area (TPSA) is 86.8 Å². The molecular formula is C27H37N3O4S. The summed E-state index contributed by atoms with van der Waals surface area (Å²) in [5.41, 5.74) is 3.15. The number of benzene rings is 2. The Labute approximate surface area is 209 Å². The van der Waals surface area contributed by atoms with E-state index in [9.17, 15) is 18.0 Å². The number of rotatable bonds is 10. The Morgan fingerprint density at radius 1 is 1.00 bits per heavy atom. The second-order valence-electron chi connectivity index (χ2n) is 9.42. The molecule has 0 aromatic heterocycles. The number of nitrogens with zero attached hydrogens (tertiary/aromatic N) is 2. The number of hydrogen-bond donors (Lipinski definition) is 1. The number of anilines is 1. The Bertz CT molecular complexity index is 1140. The summed E-state index contributed by atoms with van der Waals surface area (Å²) in [6, 6.07) is 14.3. The van der Waals surface area contributed by atoms with Crippen LogP contribution in [0.25, 0.3) is 0 Å². The molecule has 8 heteroatoms. The lowest BCUT2D eigenvalue weighted by Gasteiger charge is -2.34. The molecule has 0 spiro atoms. The summed E-state index contributed by atoms with van der Waals surface area (Å²) in [5.74, 6) is -0.585. The average molecular weight is 500 g/mol. The van der Waals surface area contributed by atoms with Gasteiger partial charge in [-0.1, -0.05) is 62.2 Å². The fourth-order valence-corrected chi connectivity index (χ4v) is 5.60. The SMILES string of the molecule is CCC(C(=O)NC1CCCC1)N(Cc1ccccc1C)C(=O)CN(c1ccccc1C)S(C)(=O)=O. The molecule has 1 atom stereocenters. The number of nitrogens with one attached hydrogen (secondary N) is 1. The van der Waals surface area contributed by atoms with Gasteiger partial charge in [-0.2, -0.15) is 0 Å². The van der Waals surface area contributed by atoms with E-state index in [0.29, 0.717) is 12.1 Å². The van der Waals surface area contributed by atoms with Crippen LogP contribution in [0.4, 0.5) is 5.69 Å². The van der Waals surface area contributed by atoms with Crippen LogP contribution in [-0.2, 0) is 26.2 Å². The standard InChI is InChI=1S/C27H37N3O4S/c1-5-24(27(32)28-23-15-9-10-16-23)29(18-22-14-8-6-12-20(22)2)26(31)19-30(35(4,33)34)25-17-11-7-13-21(25)3/h6-8,11-14,17,23-24H,5,9-10,15-16,18-19H2,1-4H3,(H,28,32). The van der Waals surface area contributed by atoms with Crippen LogP contribution in [0, 0.1) is 13.8 Å². The van der Waals surface area contributed by atoms with Crippen LogP contribution in [0.3, 0.4) is 0 Å². The van der Waals surface area contributed by atoms with Gasteiger partial charge in [0.1, 0.15) is 12.6 Å². The van der Waals surface area contributed by atoms with Gasteiger partial charge in [-0.25, -0.2) is 8.42 Å². The van der Waals surface area contributed by atoms with Crippen molar-refractivity contribution in [3.63, 3.8) is 0 Å². The Morgan fingerprint density at radius 3 is 2.17 bits per heavy atom. The molecule has 7 nitrogen and oxygen atoms in total. The minimum absolute atomic E-state index is 0.131. The fourth-order valence-electron chi connectivity index (χ4n) is 4.70. The molecule has 1 N–H and O–H groups in total. The molecule has 1 saturated carbocycles. The molecule has 0 aliphatic heterocycles. The Morgan fingerprint density at radius 2 is 1.60 bits per heavy atom. The van der Waals surface area contributed by atoms with Gasteiger partial charge >= 0.3 is 0 Å². The first kappa shape index (κ1) is 26.7. The van der Waals surface area contributed by atoms with E-state index in [2.05, 4.69) is 5.32 Å². The first-order valence-corrected chi connectivity index (χ1v) is 14.1. The molecule has 35 heavy (non-hydrogen) atoms. The van der Waals surface area contributed by atoms with Crippen molar-refractivity contribution in [1.82, 2.24) is 10.2 Å². The quantitative estimate of drug-likeness (QED) is 0.537. The van der Waals surface area contributed by atoms with Crippen molar-refractivity contribution in [3.8, 4) is 0 Å². The summed E-state index contributed by atoms with van der Waals surface area (Å²) in [6.45, 7) is 5.52. The maximum atomic E-state index is 13.8. The number of carbonyl (C=O) groups is 2. The Hall–Kier alpha value is -2.87. The second kappa shape index (κ2) is 11.7. The van der Waals surface area contributed by atoms with Gasteiger partial charge in [-0.05, 0) is 55.9 Å². The molecule has 1 unspecified atom stereocenters. The van der Waals surface area contributed by atoms with E-state index in [-0.39, 0.29) is 25.0 Å². The van der Waals surface area contributed by atoms with E-state index in [0.717, 1.165) is 52.9 Å². The third-order valence-corrected chi connectivity index (χ3v) is 7.88. The zero-order valence-electron chi connectivity index (χ0n) is 21.2. The van der Waals surface area contributed by atoms with Crippen LogP contribution in [0.1, 0.15) is 55.7 Å². The highest BCUT2D eigenvalue weighted by Gasteiger charge is 2.33. The normalized spacial score (nSPS) is 15.0. The average Bonchev–Trinajstić information content (AvgIpc) is 3.31. The molecule has 2 amide bonds. The van der Waals surface area contributed by atoms with Crippen molar-refractivity contribution in [3.05, 3.63) is 65.2 Å². The van der Waals surface area contributed by atoms with Gasteiger partial charge in [0, 0.05) is 12.6 Å². The van der Waals surface area contributed by atoms with E-state index in [4.69, 9.17) is 0 Å². The van der Waals surface area contributed by atoms with Crippen LogP contribution < -0.4 is 9.62 Å². The summed E-state index contributed by atoms with van der Waals surface area (Å²) < 4.78 is 26.6. The van der Waals surface area contributed by atoms with Crippen LogP contribution in [0.15, 0.2) is 48.5 Å². The number of para-hydroxylation sites is 1. The second-order valence-corrected chi connectivity index (χ2v) is 11.3. The first-order chi connectivity index (χ1) is 16.6. The Kier molecular flexibility index (Phi) is 8.94. The number of hydrogen-bond acceptors (Lipinski definition) is 4. The number of amides is 2. The van der Waals surface area contributed by atoms with Gasteiger partial charge < -0.3 is 10.2 Å². The lowest BCUT2D eigenvalue weighted by Crippen LogP contribution is -2.53. The lowest BCUT2D eigenvalue weighted by molar-refractivity contribution is -0.140. The van der Waals surface area contributed by atoms with Gasteiger partial charge in [0.15, 0.2) is 0 Å². The predicted octanol–water partition coefficient (Wildman–Crippen LogP) is 3.94. The molecule has 190 valence electrons. The highest BCUT2D eigenvalue weighted by Crippen LogP contribution is 2.24. The molecule has 1 fully saturated rings. The summed E-state index contributed by atoms with van der Waals surface area (Å²) in [7, 11) is -3.74. The van der Waals surface area contributed by atoms with Crippen molar-refractivity contribution in [2.45, 2.75) is 71.5 Å². The summed E-state index contributed by atoms with van der Waals surface area (Å²) in [5, 5.41) is 3.13. The largest absolute Gasteiger partial charge is 0.352 e. The van der Waals surface area contributed by atoms with E-state index in [1.165, 1.54) is 0 Å². The predicted molar refractivity (Wildman–Crippen MR) is 140 cm³/mol. The van der Waals surface area contributed by atoms with Crippen LogP contribution in [-0.4, -0.2) is 50.0 Å². The minimum atomic E-state index is -3.74. The van der Waals surface area contributed by atoms with Crippen molar-refractivity contribution in [2.24, 2.45) is 0 Å². The molecular weight excluding hydrogens is 462 g/mol. The molecule has 0 radical (unpaired) electrons. The molecule has 0 saturated heterocycles. The maximum Gasteiger partial charge on any atom is 0.244 e. The minimum Gasteiger partial charge on any atom is -0.352 e. The lowest BCUT2D eigenvalue weighted by atomic mass is 10.1. The summed E-state index contributed by atoms with van der Waals surface area (Å²) in [6.07, 6.45) is 5.61. The molecule has 1 aliphatic rings. The summed E-state index contributed by atoms with van der Waals surface area (Å²) >= 11 is 0. The number of carbonyl (C=O) groups excluding carboxylic acids is 2. The number of aryl methyl sites for hydroxylation is 2. The van der Waals surface area contributed by atoms with E-state index < -0.39 is 22.0 Å². The van der Waals surface area contributed by atoms with Gasteiger partial charge in [0.25, 0.3) is 0 Å². The van der Waals surface area contributed by atoms with Crippen LogP contribution in [0.5, 0.6) is 0 Å². The zero-order valence-corrected chi connectivity index (χ0v) is 22.0. The van der Waals surface area contributed by atoms with Gasteiger partial charge in [0.05, 0.1) is 11.9 Å². The van der Waals surface area contributed by atoms with E-state index >= 15 is 0 Å². The van der Waals surface area contributed by atoms with Gasteiger partial charge in [-0.3, -0.25) is 13.9 Å². The monoisotopic (exact) mass is 499 g/mol. The van der Waals surface area contributed by atoms with Crippen molar-refractivity contribution in [2.75, 3.05) is 17.1 Å². The molecule has 3 rings (SSSR count). The van der Waals surface area contributed by atoms with Gasteiger partial charge in [-0.15, -0.1) is 0 Å².